The van der Waals surface area contributed by atoms with E-state index in [-0.39, 0.29) is 5.91 Å². The fourth-order valence-corrected chi connectivity index (χ4v) is 2.33. The van der Waals surface area contributed by atoms with Crippen molar-refractivity contribution >= 4 is 22.4 Å². The largest absolute Gasteiger partial charge is 0.363 e. The van der Waals surface area contributed by atoms with Gasteiger partial charge < -0.3 is 10.6 Å². The van der Waals surface area contributed by atoms with Crippen LogP contribution >= 0.6 is 11.3 Å². The van der Waals surface area contributed by atoms with Crippen LogP contribution in [0.1, 0.15) is 35.5 Å². The molecular weight excluding hydrogens is 212 g/mol. The molecule has 1 amide bonds. The molecule has 0 unspecified atom stereocenters. The van der Waals surface area contributed by atoms with E-state index >= 15 is 0 Å². The van der Waals surface area contributed by atoms with E-state index in [1.54, 1.807) is 7.05 Å². The first-order chi connectivity index (χ1) is 7.29. The lowest BCUT2D eigenvalue weighted by atomic mass is 10.2. The summed E-state index contributed by atoms with van der Waals surface area (Å²) in [4.78, 5) is 11.7. The molecule has 15 heavy (non-hydrogen) atoms. The van der Waals surface area contributed by atoms with Crippen LogP contribution in [0.5, 0.6) is 0 Å². The molecule has 0 spiro atoms. The van der Waals surface area contributed by atoms with Gasteiger partial charge in [-0.2, -0.15) is 0 Å². The topological polar surface area (TPSA) is 66.9 Å². The van der Waals surface area contributed by atoms with E-state index in [9.17, 15) is 4.79 Å². The standard InChI is InChI=1S/C9H14N4OS/c1-10-9-13-12-8(15-9)7(14)11-6-4-2-3-5-6/h6H,2-5H2,1H3,(H,10,13)(H,11,14). The van der Waals surface area contributed by atoms with Gasteiger partial charge in [-0.15, -0.1) is 10.2 Å². The van der Waals surface area contributed by atoms with Gasteiger partial charge in [0, 0.05) is 13.1 Å². The molecule has 1 aromatic heterocycles. The lowest BCUT2D eigenvalue weighted by Gasteiger charge is -2.09. The van der Waals surface area contributed by atoms with Crippen LogP contribution in [0.4, 0.5) is 5.13 Å². The number of nitrogens with zero attached hydrogens (tertiary/aromatic N) is 2. The Balaban J connectivity index is 1.94. The molecule has 82 valence electrons. The lowest BCUT2D eigenvalue weighted by molar-refractivity contribution is 0.0937. The molecule has 1 aliphatic carbocycles. The number of amides is 1. The molecule has 2 rings (SSSR count). The maximum Gasteiger partial charge on any atom is 0.282 e. The summed E-state index contributed by atoms with van der Waals surface area (Å²) in [5, 5.41) is 14.6. The summed E-state index contributed by atoms with van der Waals surface area (Å²) in [6.45, 7) is 0. The van der Waals surface area contributed by atoms with Gasteiger partial charge in [0.1, 0.15) is 0 Å². The Hall–Kier alpha value is -1.17. The van der Waals surface area contributed by atoms with E-state index in [0.29, 0.717) is 16.2 Å². The molecular formula is C9H14N4OS. The van der Waals surface area contributed by atoms with Crippen molar-refractivity contribution in [2.24, 2.45) is 0 Å². The molecule has 1 aliphatic rings. The van der Waals surface area contributed by atoms with Crippen LogP contribution in [0.2, 0.25) is 0 Å². The molecule has 0 saturated heterocycles. The number of carbonyl (C=O) groups is 1. The highest BCUT2D eigenvalue weighted by atomic mass is 32.1. The molecule has 2 N–H and O–H groups in total. The minimum Gasteiger partial charge on any atom is -0.363 e. The summed E-state index contributed by atoms with van der Waals surface area (Å²) in [5.74, 6) is -0.0964. The summed E-state index contributed by atoms with van der Waals surface area (Å²) in [7, 11) is 1.76. The van der Waals surface area contributed by atoms with Gasteiger partial charge in [0.05, 0.1) is 0 Å². The Morgan fingerprint density at radius 2 is 2.13 bits per heavy atom. The van der Waals surface area contributed by atoms with Gasteiger partial charge in [0.2, 0.25) is 10.1 Å². The fraction of sp³-hybridized carbons (Fsp3) is 0.667. The second-order valence-electron chi connectivity index (χ2n) is 3.62. The van der Waals surface area contributed by atoms with Crippen molar-refractivity contribution < 1.29 is 4.79 Å². The van der Waals surface area contributed by atoms with E-state index in [1.165, 1.54) is 24.2 Å². The highest BCUT2D eigenvalue weighted by molar-refractivity contribution is 7.17. The van der Waals surface area contributed by atoms with Crippen LogP contribution < -0.4 is 10.6 Å². The van der Waals surface area contributed by atoms with Crippen LogP contribution in [0.25, 0.3) is 0 Å². The molecule has 1 saturated carbocycles. The van der Waals surface area contributed by atoms with Crippen LogP contribution in [0, 0.1) is 0 Å². The third-order valence-electron chi connectivity index (χ3n) is 2.52. The smallest absolute Gasteiger partial charge is 0.282 e. The molecule has 0 aliphatic heterocycles. The number of rotatable bonds is 3. The highest BCUT2D eigenvalue weighted by Crippen LogP contribution is 2.19. The zero-order valence-corrected chi connectivity index (χ0v) is 9.43. The summed E-state index contributed by atoms with van der Waals surface area (Å²) in [6, 6.07) is 0.333. The number of nitrogens with one attached hydrogen (secondary N) is 2. The summed E-state index contributed by atoms with van der Waals surface area (Å²) >= 11 is 1.28. The molecule has 0 atom stereocenters. The molecule has 6 heteroatoms. The molecule has 0 radical (unpaired) electrons. The number of carbonyl (C=O) groups excluding carboxylic acids is 1. The molecule has 0 aromatic carbocycles. The zero-order valence-electron chi connectivity index (χ0n) is 8.62. The number of aromatic nitrogens is 2. The maximum atomic E-state index is 11.7. The van der Waals surface area contributed by atoms with Crippen molar-refractivity contribution in [2.75, 3.05) is 12.4 Å². The Kier molecular flexibility index (Phi) is 3.15. The summed E-state index contributed by atoms with van der Waals surface area (Å²) in [6.07, 6.45) is 4.60. The van der Waals surface area contributed by atoms with Crippen LogP contribution in [-0.2, 0) is 0 Å². The van der Waals surface area contributed by atoms with Crippen molar-refractivity contribution in [3.8, 4) is 0 Å². The fourth-order valence-electron chi connectivity index (χ4n) is 1.73. The van der Waals surface area contributed by atoms with Gasteiger partial charge in [-0.25, -0.2) is 0 Å². The lowest BCUT2D eigenvalue weighted by Crippen LogP contribution is -2.32. The van der Waals surface area contributed by atoms with E-state index in [0.717, 1.165) is 12.8 Å². The van der Waals surface area contributed by atoms with Crippen molar-refractivity contribution in [3.63, 3.8) is 0 Å². The second kappa shape index (κ2) is 4.57. The van der Waals surface area contributed by atoms with Gasteiger partial charge in [-0.05, 0) is 12.8 Å². The van der Waals surface area contributed by atoms with Gasteiger partial charge in [0.25, 0.3) is 5.91 Å². The molecule has 1 fully saturated rings. The van der Waals surface area contributed by atoms with Crippen LogP contribution in [0.3, 0.4) is 0 Å². The average Bonchev–Trinajstić information content (AvgIpc) is 2.86. The summed E-state index contributed by atoms with van der Waals surface area (Å²) in [5.41, 5.74) is 0. The molecule has 5 nitrogen and oxygen atoms in total. The predicted molar refractivity (Wildman–Crippen MR) is 59.2 cm³/mol. The van der Waals surface area contributed by atoms with Crippen molar-refractivity contribution in [1.82, 2.24) is 15.5 Å². The van der Waals surface area contributed by atoms with E-state index in [1.807, 2.05) is 0 Å². The maximum absolute atomic E-state index is 11.7. The van der Waals surface area contributed by atoms with Gasteiger partial charge >= 0.3 is 0 Å². The first-order valence-electron chi connectivity index (χ1n) is 5.11. The van der Waals surface area contributed by atoms with Gasteiger partial charge in [-0.3, -0.25) is 4.79 Å². The predicted octanol–water partition coefficient (Wildman–Crippen LogP) is 1.25. The van der Waals surface area contributed by atoms with Crippen molar-refractivity contribution in [1.29, 1.82) is 0 Å². The SMILES string of the molecule is CNc1nnc(C(=O)NC2CCCC2)s1. The normalized spacial score (nSPS) is 16.6. The quantitative estimate of drug-likeness (QED) is 0.814. The molecule has 1 heterocycles. The molecule has 1 aromatic rings. The summed E-state index contributed by atoms with van der Waals surface area (Å²) < 4.78 is 0. The third kappa shape index (κ3) is 2.44. The first-order valence-corrected chi connectivity index (χ1v) is 5.93. The van der Waals surface area contributed by atoms with Crippen molar-refractivity contribution in [3.05, 3.63) is 5.01 Å². The minimum absolute atomic E-state index is 0.0964. The van der Waals surface area contributed by atoms with E-state index in [2.05, 4.69) is 20.8 Å². The highest BCUT2D eigenvalue weighted by Gasteiger charge is 2.20. The van der Waals surface area contributed by atoms with Crippen LogP contribution in [0.15, 0.2) is 0 Å². The Bertz CT molecular complexity index is 346. The number of hydrogen-bond donors (Lipinski definition) is 2. The van der Waals surface area contributed by atoms with E-state index < -0.39 is 0 Å². The second-order valence-corrected chi connectivity index (χ2v) is 4.59. The van der Waals surface area contributed by atoms with Crippen molar-refractivity contribution in [2.45, 2.75) is 31.7 Å². The number of hydrogen-bond acceptors (Lipinski definition) is 5. The third-order valence-corrected chi connectivity index (χ3v) is 3.46. The Morgan fingerprint density at radius 1 is 1.40 bits per heavy atom. The molecule has 0 bridgehead atoms. The van der Waals surface area contributed by atoms with Crippen LogP contribution in [-0.4, -0.2) is 29.2 Å². The average molecular weight is 226 g/mol. The van der Waals surface area contributed by atoms with Gasteiger partial charge in [0.15, 0.2) is 0 Å². The number of anilines is 1. The van der Waals surface area contributed by atoms with Gasteiger partial charge in [-0.1, -0.05) is 24.2 Å². The van der Waals surface area contributed by atoms with E-state index in [4.69, 9.17) is 0 Å². The minimum atomic E-state index is -0.0964. The zero-order chi connectivity index (χ0) is 10.7. The Morgan fingerprint density at radius 3 is 2.73 bits per heavy atom. The Labute approximate surface area is 92.3 Å². The monoisotopic (exact) mass is 226 g/mol. The first kappa shape index (κ1) is 10.4.